The monoisotopic (exact) mass is 284 g/mol. The third-order valence-corrected chi connectivity index (χ3v) is 6.35. The Morgan fingerprint density at radius 2 is 2.14 bits per heavy atom. The Bertz CT molecular complexity index is 604. The molecule has 2 nitrogen and oxygen atoms in total. The molecule has 0 unspecified atom stereocenters. The van der Waals surface area contributed by atoms with Crippen LogP contribution < -0.4 is 4.74 Å². The molecule has 1 fully saturated rings. The lowest BCUT2D eigenvalue weighted by molar-refractivity contribution is 0.0824. The molecule has 0 aliphatic heterocycles. The maximum absolute atomic E-state index is 10.0. The van der Waals surface area contributed by atoms with Crippen LogP contribution in [-0.4, -0.2) is 12.2 Å². The Morgan fingerprint density at radius 1 is 1.29 bits per heavy atom. The molecule has 1 aromatic rings. The van der Waals surface area contributed by atoms with Gasteiger partial charge in [-0.05, 0) is 78.5 Å². The zero-order chi connectivity index (χ0) is 14.6. The predicted molar refractivity (Wildman–Crippen MR) is 83.8 cm³/mol. The van der Waals surface area contributed by atoms with Crippen molar-refractivity contribution < 1.29 is 9.84 Å². The van der Waals surface area contributed by atoms with Crippen LogP contribution in [0.1, 0.15) is 49.7 Å². The van der Waals surface area contributed by atoms with Crippen molar-refractivity contribution in [2.45, 2.75) is 44.9 Å². The van der Waals surface area contributed by atoms with E-state index in [-0.39, 0.29) is 5.75 Å². The van der Waals surface area contributed by atoms with E-state index < -0.39 is 0 Å². The van der Waals surface area contributed by atoms with E-state index in [1.165, 1.54) is 36.8 Å². The standard InChI is InChI=1S/C19H24O2/c1-19-8-3-4-16(19)14-6-5-12-10-17(20)18(21-2)11-15(12)13(14)7-9-19/h3,8,10-11,13-14,16,20H,4-7,9H2,1-2H3/t13-,14+,16-,19-/m0/s1. The average Bonchev–Trinajstić information content (AvgIpc) is 2.88. The lowest BCUT2D eigenvalue weighted by atomic mass is 9.56. The van der Waals surface area contributed by atoms with Crippen LogP contribution in [0.25, 0.3) is 0 Å². The van der Waals surface area contributed by atoms with Gasteiger partial charge in [0.2, 0.25) is 0 Å². The topological polar surface area (TPSA) is 29.5 Å². The second-order valence-corrected chi connectivity index (χ2v) is 7.32. The Kier molecular flexibility index (Phi) is 2.85. The van der Waals surface area contributed by atoms with Crippen molar-refractivity contribution >= 4 is 0 Å². The molecule has 21 heavy (non-hydrogen) atoms. The summed E-state index contributed by atoms with van der Waals surface area (Å²) in [6.45, 7) is 2.45. The fourth-order valence-electron chi connectivity index (χ4n) is 5.23. The van der Waals surface area contributed by atoms with E-state index >= 15 is 0 Å². The number of benzene rings is 1. The van der Waals surface area contributed by atoms with E-state index in [0.29, 0.717) is 17.1 Å². The third kappa shape index (κ3) is 1.84. The van der Waals surface area contributed by atoms with Crippen molar-refractivity contribution in [3.63, 3.8) is 0 Å². The second-order valence-electron chi connectivity index (χ2n) is 7.32. The molecule has 112 valence electrons. The van der Waals surface area contributed by atoms with Gasteiger partial charge in [-0.25, -0.2) is 0 Å². The first-order chi connectivity index (χ1) is 10.1. The van der Waals surface area contributed by atoms with Gasteiger partial charge in [0.25, 0.3) is 0 Å². The summed E-state index contributed by atoms with van der Waals surface area (Å²) in [5.74, 6) is 3.18. The van der Waals surface area contributed by atoms with Crippen LogP contribution in [0, 0.1) is 17.3 Å². The number of rotatable bonds is 1. The normalized spacial score (nSPS) is 36.8. The van der Waals surface area contributed by atoms with Gasteiger partial charge < -0.3 is 9.84 Å². The van der Waals surface area contributed by atoms with Gasteiger partial charge in [0, 0.05) is 0 Å². The number of aromatic hydroxyl groups is 1. The van der Waals surface area contributed by atoms with Crippen LogP contribution in [0.2, 0.25) is 0 Å². The number of fused-ring (bicyclic) bond motifs is 5. The van der Waals surface area contributed by atoms with Gasteiger partial charge in [0.1, 0.15) is 0 Å². The van der Waals surface area contributed by atoms with Crippen LogP contribution in [0.15, 0.2) is 24.3 Å². The lowest BCUT2D eigenvalue weighted by Crippen LogP contribution is -2.39. The zero-order valence-corrected chi connectivity index (χ0v) is 12.9. The maximum atomic E-state index is 10.0. The number of methoxy groups -OCH3 is 1. The van der Waals surface area contributed by atoms with Crippen molar-refractivity contribution in [1.82, 2.24) is 0 Å². The number of allylic oxidation sites excluding steroid dienone is 2. The Labute approximate surface area is 126 Å². The zero-order valence-electron chi connectivity index (χ0n) is 12.9. The SMILES string of the molecule is COc1cc2c(cc1O)CC[C@@H]1[C@@H]2CC[C@]2(C)C=CC[C@@H]12. The first-order valence-corrected chi connectivity index (χ1v) is 8.20. The fraction of sp³-hybridized carbons (Fsp3) is 0.579. The van der Waals surface area contributed by atoms with Gasteiger partial charge in [-0.3, -0.25) is 0 Å². The van der Waals surface area contributed by atoms with E-state index in [9.17, 15) is 5.11 Å². The molecule has 0 saturated heterocycles. The summed E-state index contributed by atoms with van der Waals surface area (Å²) in [6.07, 6.45) is 11.1. The molecule has 0 radical (unpaired) electrons. The van der Waals surface area contributed by atoms with Gasteiger partial charge in [-0.15, -0.1) is 0 Å². The molecular weight excluding hydrogens is 260 g/mol. The maximum Gasteiger partial charge on any atom is 0.160 e. The smallest absolute Gasteiger partial charge is 0.160 e. The van der Waals surface area contributed by atoms with Crippen molar-refractivity contribution in [2.75, 3.05) is 7.11 Å². The summed E-state index contributed by atoms with van der Waals surface area (Å²) >= 11 is 0. The molecule has 3 aliphatic carbocycles. The van der Waals surface area contributed by atoms with Crippen molar-refractivity contribution in [1.29, 1.82) is 0 Å². The molecule has 1 N–H and O–H groups in total. The highest BCUT2D eigenvalue weighted by molar-refractivity contribution is 5.49. The highest BCUT2D eigenvalue weighted by atomic mass is 16.5. The minimum Gasteiger partial charge on any atom is -0.504 e. The molecule has 0 amide bonds. The van der Waals surface area contributed by atoms with Crippen LogP contribution in [0.4, 0.5) is 0 Å². The lowest BCUT2D eigenvalue weighted by Gasteiger charge is -2.49. The van der Waals surface area contributed by atoms with Gasteiger partial charge in [0.15, 0.2) is 11.5 Å². The van der Waals surface area contributed by atoms with E-state index in [0.717, 1.165) is 18.3 Å². The van der Waals surface area contributed by atoms with Crippen LogP contribution in [0.3, 0.4) is 0 Å². The summed E-state index contributed by atoms with van der Waals surface area (Å²) in [5.41, 5.74) is 3.21. The summed E-state index contributed by atoms with van der Waals surface area (Å²) in [4.78, 5) is 0. The van der Waals surface area contributed by atoms with Crippen molar-refractivity contribution in [3.05, 3.63) is 35.4 Å². The van der Waals surface area contributed by atoms with E-state index in [2.05, 4.69) is 25.1 Å². The number of phenols is 1. The molecular formula is C19H24O2. The quantitative estimate of drug-likeness (QED) is 0.773. The number of aryl methyl sites for hydroxylation is 1. The van der Waals surface area contributed by atoms with Crippen molar-refractivity contribution in [2.24, 2.45) is 17.3 Å². The van der Waals surface area contributed by atoms with E-state index in [1.807, 2.05) is 6.07 Å². The number of ether oxygens (including phenoxy) is 1. The Morgan fingerprint density at radius 3 is 2.95 bits per heavy atom. The van der Waals surface area contributed by atoms with E-state index in [1.54, 1.807) is 7.11 Å². The van der Waals surface area contributed by atoms with E-state index in [4.69, 9.17) is 4.74 Å². The highest BCUT2D eigenvalue weighted by Gasteiger charge is 2.48. The number of phenolic OH excluding ortho intramolecular Hbond substituents is 1. The molecule has 1 aromatic carbocycles. The fourth-order valence-corrected chi connectivity index (χ4v) is 5.23. The molecule has 2 heteroatoms. The molecule has 0 heterocycles. The predicted octanol–water partition coefficient (Wildman–Crippen LogP) is 4.42. The number of hydrogen-bond acceptors (Lipinski definition) is 2. The molecule has 0 aromatic heterocycles. The third-order valence-electron chi connectivity index (χ3n) is 6.35. The summed E-state index contributed by atoms with van der Waals surface area (Å²) < 4.78 is 5.33. The largest absolute Gasteiger partial charge is 0.504 e. The summed E-state index contributed by atoms with van der Waals surface area (Å²) in [7, 11) is 1.64. The minimum atomic E-state index is 0.290. The summed E-state index contributed by atoms with van der Waals surface area (Å²) in [6, 6.07) is 4.04. The Hall–Kier alpha value is -1.44. The van der Waals surface area contributed by atoms with Gasteiger partial charge in [-0.2, -0.15) is 0 Å². The van der Waals surface area contributed by atoms with Crippen LogP contribution in [0.5, 0.6) is 11.5 Å². The highest BCUT2D eigenvalue weighted by Crippen LogP contribution is 2.59. The van der Waals surface area contributed by atoms with Crippen LogP contribution >= 0.6 is 0 Å². The van der Waals surface area contributed by atoms with Gasteiger partial charge in [-0.1, -0.05) is 19.1 Å². The van der Waals surface area contributed by atoms with Crippen LogP contribution in [-0.2, 0) is 6.42 Å². The van der Waals surface area contributed by atoms with Gasteiger partial charge >= 0.3 is 0 Å². The summed E-state index contributed by atoms with van der Waals surface area (Å²) in [5, 5.41) is 10.0. The molecule has 3 aliphatic rings. The Balaban J connectivity index is 1.74. The van der Waals surface area contributed by atoms with Gasteiger partial charge in [0.05, 0.1) is 7.11 Å². The van der Waals surface area contributed by atoms with Crippen molar-refractivity contribution in [3.8, 4) is 11.5 Å². The number of hydrogen-bond donors (Lipinski definition) is 1. The minimum absolute atomic E-state index is 0.290. The molecule has 4 atom stereocenters. The first kappa shape index (κ1) is 13.2. The first-order valence-electron chi connectivity index (χ1n) is 8.20. The molecule has 4 rings (SSSR count). The second kappa shape index (κ2) is 4.53. The molecule has 0 spiro atoms. The molecule has 1 saturated carbocycles. The molecule has 0 bridgehead atoms. The average molecular weight is 284 g/mol.